The molecule has 0 aromatic heterocycles. The van der Waals surface area contributed by atoms with Gasteiger partial charge in [-0.15, -0.1) is 0 Å². The molecule has 25 heavy (non-hydrogen) atoms. The topological polar surface area (TPSA) is 0 Å². The lowest BCUT2D eigenvalue weighted by molar-refractivity contribution is 0.115. The van der Waals surface area contributed by atoms with Crippen molar-refractivity contribution in [2.24, 2.45) is 17.8 Å². The molecule has 134 valence electrons. The van der Waals surface area contributed by atoms with Gasteiger partial charge < -0.3 is 0 Å². The molecular weight excluding hydrogens is 321 g/mol. The van der Waals surface area contributed by atoms with E-state index >= 15 is 0 Å². The van der Waals surface area contributed by atoms with Gasteiger partial charge in [-0.25, -0.2) is 13.2 Å². The second-order valence-corrected chi connectivity index (χ2v) is 8.05. The predicted octanol–water partition coefficient (Wildman–Crippen LogP) is 6.97. The van der Waals surface area contributed by atoms with Crippen LogP contribution in [0.5, 0.6) is 0 Å². The first-order chi connectivity index (χ1) is 12.1. The fourth-order valence-corrected chi connectivity index (χ4v) is 5.30. The molecule has 2 aromatic carbocycles. The molecule has 0 spiro atoms. The lowest BCUT2D eigenvalue weighted by Gasteiger charge is -2.42. The summed E-state index contributed by atoms with van der Waals surface area (Å²) in [5, 5.41) is 0.242. The highest BCUT2D eigenvalue weighted by Gasteiger charge is 2.36. The Bertz CT molecular complexity index is 782. The van der Waals surface area contributed by atoms with Gasteiger partial charge in [0.25, 0.3) is 0 Å². The normalized spacial score (nSPS) is 29.6. The summed E-state index contributed by atoms with van der Waals surface area (Å²) in [7, 11) is 0. The fourth-order valence-electron chi connectivity index (χ4n) is 5.30. The highest BCUT2D eigenvalue weighted by atomic mass is 19.2. The van der Waals surface area contributed by atoms with Crippen LogP contribution in [0.2, 0.25) is 0 Å². The minimum absolute atomic E-state index is 0.0570. The van der Waals surface area contributed by atoms with Crippen LogP contribution in [-0.2, 0) is 0 Å². The lowest BCUT2D eigenvalue weighted by Crippen LogP contribution is -2.30. The third-order valence-corrected chi connectivity index (χ3v) is 6.76. The van der Waals surface area contributed by atoms with Crippen molar-refractivity contribution in [3.05, 3.63) is 47.3 Å². The van der Waals surface area contributed by atoms with E-state index < -0.39 is 17.5 Å². The zero-order valence-electron chi connectivity index (χ0n) is 14.7. The van der Waals surface area contributed by atoms with E-state index in [0.717, 1.165) is 31.1 Å². The molecule has 4 unspecified atom stereocenters. The van der Waals surface area contributed by atoms with Gasteiger partial charge >= 0.3 is 0 Å². The maximum atomic E-state index is 14.7. The van der Waals surface area contributed by atoms with Gasteiger partial charge in [0.2, 0.25) is 0 Å². The van der Waals surface area contributed by atoms with Crippen molar-refractivity contribution in [3.63, 3.8) is 0 Å². The first-order valence-electron chi connectivity index (χ1n) is 9.64. The average Bonchev–Trinajstić information content (AvgIpc) is 2.63. The van der Waals surface area contributed by atoms with Gasteiger partial charge in [-0.2, -0.15) is 0 Å². The quantitative estimate of drug-likeness (QED) is 0.551. The molecule has 2 fully saturated rings. The monoisotopic (exact) mass is 346 g/mol. The number of fused-ring (bicyclic) bond motifs is 2. The molecule has 0 amide bonds. The molecule has 4 atom stereocenters. The van der Waals surface area contributed by atoms with Crippen LogP contribution in [0.3, 0.4) is 0 Å². The zero-order valence-corrected chi connectivity index (χ0v) is 14.7. The van der Waals surface area contributed by atoms with Crippen molar-refractivity contribution >= 4 is 10.8 Å². The summed E-state index contributed by atoms with van der Waals surface area (Å²) in [6, 6.07) is 6.09. The van der Waals surface area contributed by atoms with Crippen molar-refractivity contribution in [2.45, 2.75) is 57.8 Å². The Morgan fingerprint density at radius 3 is 2.48 bits per heavy atom. The molecule has 0 aliphatic heterocycles. The minimum atomic E-state index is -1.03. The first kappa shape index (κ1) is 16.9. The molecule has 2 saturated carbocycles. The van der Waals surface area contributed by atoms with E-state index in [0.29, 0.717) is 16.9 Å². The van der Waals surface area contributed by atoms with Crippen LogP contribution in [0, 0.1) is 35.2 Å². The Kier molecular flexibility index (Phi) is 4.51. The third-order valence-electron chi connectivity index (χ3n) is 6.76. The van der Waals surface area contributed by atoms with Gasteiger partial charge in [0.15, 0.2) is 11.6 Å². The SMILES string of the molecule is CCC1CCC2CC(c3cc4cccc(F)c4c(F)c3F)CCC2C1. The molecule has 0 N–H and O–H groups in total. The van der Waals surface area contributed by atoms with Gasteiger partial charge in [0.05, 0.1) is 5.39 Å². The van der Waals surface area contributed by atoms with E-state index in [4.69, 9.17) is 0 Å². The highest BCUT2D eigenvalue weighted by molar-refractivity contribution is 5.84. The van der Waals surface area contributed by atoms with Crippen molar-refractivity contribution in [3.8, 4) is 0 Å². The zero-order chi connectivity index (χ0) is 17.6. The number of benzene rings is 2. The van der Waals surface area contributed by atoms with Gasteiger partial charge in [-0.05, 0) is 78.9 Å². The molecule has 2 aromatic rings. The van der Waals surface area contributed by atoms with Crippen LogP contribution in [-0.4, -0.2) is 0 Å². The van der Waals surface area contributed by atoms with Crippen LogP contribution in [0.15, 0.2) is 24.3 Å². The molecule has 0 saturated heterocycles. The second kappa shape index (κ2) is 6.66. The number of rotatable bonds is 2. The summed E-state index contributed by atoms with van der Waals surface area (Å²) >= 11 is 0. The summed E-state index contributed by atoms with van der Waals surface area (Å²) in [4.78, 5) is 0. The Morgan fingerprint density at radius 2 is 1.68 bits per heavy atom. The van der Waals surface area contributed by atoms with Crippen molar-refractivity contribution in [2.75, 3.05) is 0 Å². The first-order valence-corrected chi connectivity index (χ1v) is 9.64. The summed E-state index contributed by atoms with van der Waals surface area (Å²) < 4.78 is 43.1. The van der Waals surface area contributed by atoms with E-state index in [1.165, 1.54) is 31.7 Å². The summed E-state index contributed by atoms with van der Waals surface area (Å²) in [5.41, 5.74) is 0.451. The van der Waals surface area contributed by atoms with Crippen molar-refractivity contribution in [1.82, 2.24) is 0 Å². The molecule has 4 rings (SSSR count). The molecule has 0 nitrogen and oxygen atoms in total. The standard InChI is InChI=1S/C22H25F3/c1-2-13-6-7-15-11-16(9-8-14(15)10-13)18-12-17-4-3-5-19(23)20(17)22(25)21(18)24/h3-5,12-16H,2,6-11H2,1H3. The summed E-state index contributed by atoms with van der Waals surface area (Å²) in [6.45, 7) is 2.27. The van der Waals surface area contributed by atoms with Crippen LogP contribution >= 0.6 is 0 Å². The van der Waals surface area contributed by atoms with Gasteiger partial charge in [-0.1, -0.05) is 31.9 Å². The lowest BCUT2D eigenvalue weighted by atomic mass is 9.63. The Balaban J connectivity index is 1.64. The molecular formula is C22H25F3. The van der Waals surface area contributed by atoms with Crippen LogP contribution < -0.4 is 0 Å². The van der Waals surface area contributed by atoms with Crippen molar-refractivity contribution < 1.29 is 13.2 Å². The maximum Gasteiger partial charge on any atom is 0.169 e. The minimum Gasteiger partial charge on any atom is -0.206 e. The molecule has 2 aliphatic rings. The van der Waals surface area contributed by atoms with E-state index in [2.05, 4.69) is 6.92 Å². The summed E-state index contributed by atoms with van der Waals surface area (Å²) in [5.74, 6) is -0.280. The smallest absolute Gasteiger partial charge is 0.169 e. The number of halogens is 3. The van der Waals surface area contributed by atoms with E-state index in [-0.39, 0.29) is 11.3 Å². The van der Waals surface area contributed by atoms with Crippen LogP contribution in [0.1, 0.15) is 63.4 Å². The Labute approximate surface area is 147 Å². The van der Waals surface area contributed by atoms with Gasteiger partial charge in [0, 0.05) is 0 Å². The molecule has 0 bridgehead atoms. The van der Waals surface area contributed by atoms with E-state index in [1.807, 2.05) is 0 Å². The Morgan fingerprint density at radius 1 is 0.920 bits per heavy atom. The molecule has 0 radical (unpaired) electrons. The number of hydrogen-bond donors (Lipinski definition) is 0. The van der Waals surface area contributed by atoms with Crippen molar-refractivity contribution in [1.29, 1.82) is 0 Å². The van der Waals surface area contributed by atoms with Gasteiger partial charge in [0.1, 0.15) is 5.82 Å². The van der Waals surface area contributed by atoms with E-state index in [9.17, 15) is 13.2 Å². The molecule has 3 heteroatoms. The van der Waals surface area contributed by atoms with E-state index in [1.54, 1.807) is 18.2 Å². The number of hydrogen-bond acceptors (Lipinski definition) is 0. The van der Waals surface area contributed by atoms with Crippen LogP contribution in [0.4, 0.5) is 13.2 Å². The van der Waals surface area contributed by atoms with Gasteiger partial charge in [-0.3, -0.25) is 0 Å². The second-order valence-electron chi connectivity index (χ2n) is 8.05. The predicted molar refractivity (Wildman–Crippen MR) is 95.0 cm³/mol. The van der Waals surface area contributed by atoms with Crippen LogP contribution in [0.25, 0.3) is 10.8 Å². The highest BCUT2D eigenvalue weighted by Crippen LogP contribution is 2.49. The third kappa shape index (κ3) is 2.96. The Hall–Kier alpha value is -1.51. The molecule has 2 aliphatic carbocycles. The fraction of sp³-hybridized carbons (Fsp3) is 0.545. The largest absolute Gasteiger partial charge is 0.206 e. The maximum absolute atomic E-state index is 14.7. The average molecular weight is 346 g/mol. The summed E-state index contributed by atoms with van der Waals surface area (Å²) in [6.07, 6.45) is 7.99. The molecule has 0 heterocycles.